The molecular weight excluding hydrogens is 260 g/mol. The largest absolute Gasteiger partial charge is 0.465 e. The molecule has 0 saturated heterocycles. The molecule has 0 aromatic rings. The van der Waals surface area contributed by atoms with Gasteiger partial charge in [-0.2, -0.15) is 10.5 Å². The van der Waals surface area contributed by atoms with Gasteiger partial charge in [-0.05, 0) is 18.8 Å². The lowest BCUT2D eigenvalue weighted by molar-refractivity contribution is -0.164. The van der Waals surface area contributed by atoms with Gasteiger partial charge in [0.2, 0.25) is 0 Å². The van der Waals surface area contributed by atoms with Crippen molar-refractivity contribution in [2.45, 2.75) is 39.5 Å². The fourth-order valence-electron chi connectivity index (χ4n) is 1.47. The van der Waals surface area contributed by atoms with E-state index in [-0.39, 0.29) is 19.1 Å². The molecule has 0 aromatic heterocycles. The molecule has 0 aliphatic rings. The lowest BCUT2D eigenvalue weighted by Crippen LogP contribution is -2.32. The normalized spacial score (nSPS) is 9.90. The molecule has 0 fully saturated rings. The Balaban J connectivity index is 4.26. The molecule has 6 heteroatoms. The fourth-order valence-corrected chi connectivity index (χ4v) is 1.47. The molecule has 0 atom stereocenters. The van der Waals surface area contributed by atoms with Gasteiger partial charge in [0, 0.05) is 12.8 Å². The Morgan fingerprint density at radius 2 is 1.35 bits per heavy atom. The Morgan fingerprint density at radius 1 is 0.950 bits per heavy atom. The number of carbonyl (C=O) groups excluding carboxylic acids is 2. The predicted molar refractivity (Wildman–Crippen MR) is 69.9 cm³/mol. The van der Waals surface area contributed by atoms with Gasteiger partial charge in [0.25, 0.3) is 0 Å². The van der Waals surface area contributed by atoms with Gasteiger partial charge >= 0.3 is 11.9 Å². The van der Waals surface area contributed by atoms with E-state index in [0.717, 1.165) is 0 Å². The summed E-state index contributed by atoms with van der Waals surface area (Å²) in [6, 6.07) is 3.89. The average molecular weight is 280 g/mol. The lowest BCUT2D eigenvalue weighted by atomic mass is 9.96. The van der Waals surface area contributed by atoms with E-state index >= 15 is 0 Å². The highest BCUT2D eigenvalue weighted by atomic mass is 16.6. The maximum Gasteiger partial charge on any atom is 0.320 e. The Hall–Kier alpha value is -2.08. The molecule has 110 valence electrons. The average Bonchev–Trinajstić information content (AvgIpc) is 2.39. The Kier molecular flexibility index (Phi) is 9.68. The van der Waals surface area contributed by atoms with Crippen molar-refractivity contribution >= 4 is 11.9 Å². The SMILES string of the molecule is CC(C)C(C(=O)OCCCC#N)C(=O)OCCCC#N. The van der Waals surface area contributed by atoms with Crippen molar-refractivity contribution in [1.29, 1.82) is 10.5 Å². The molecule has 0 aliphatic carbocycles. The van der Waals surface area contributed by atoms with Crippen LogP contribution in [0.5, 0.6) is 0 Å². The topological polar surface area (TPSA) is 100 Å². The standard InChI is InChI=1S/C14H20N2O4/c1-11(2)12(13(17)19-9-5-3-7-15)14(18)20-10-6-4-8-16/h11-12H,3-6,9-10H2,1-2H3. The van der Waals surface area contributed by atoms with Gasteiger partial charge in [-0.1, -0.05) is 13.8 Å². The summed E-state index contributed by atoms with van der Waals surface area (Å²) in [6.45, 7) is 3.71. The first kappa shape index (κ1) is 17.9. The number of hydrogen-bond acceptors (Lipinski definition) is 6. The summed E-state index contributed by atoms with van der Waals surface area (Å²) in [5.74, 6) is -2.44. The first-order valence-electron chi connectivity index (χ1n) is 6.61. The zero-order valence-electron chi connectivity index (χ0n) is 11.9. The summed E-state index contributed by atoms with van der Waals surface area (Å²) in [6.07, 6.45) is 1.50. The zero-order valence-corrected chi connectivity index (χ0v) is 11.9. The van der Waals surface area contributed by atoms with Crippen molar-refractivity contribution in [2.75, 3.05) is 13.2 Å². The number of nitriles is 2. The molecule has 20 heavy (non-hydrogen) atoms. The van der Waals surface area contributed by atoms with Crippen LogP contribution < -0.4 is 0 Å². The minimum absolute atomic E-state index is 0.122. The smallest absolute Gasteiger partial charge is 0.320 e. The molecule has 0 amide bonds. The van der Waals surface area contributed by atoms with Gasteiger partial charge in [0.1, 0.15) is 0 Å². The molecule has 0 N–H and O–H groups in total. The maximum atomic E-state index is 11.8. The minimum Gasteiger partial charge on any atom is -0.465 e. The summed E-state index contributed by atoms with van der Waals surface area (Å²) < 4.78 is 9.95. The molecule has 0 bridgehead atoms. The van der Waals surface area contributed by atoms with Gasteiger partial charge in [-0.3, -0.25) is 9.59 Å². The van der Waals surface area contributed by atoms with E-state index in [1.54, 1.807) is 13.8 Å². The second-order valence-corrected chi connectivity index (χ2v) is 4.58. The van der Waals surface area contributed by atoms with Crippen LogP contribution in [0.15, 0.2) is 0 Å². The number of rotatable bonds is 9. The second kappa shape index (κ2) is 10.8. The highest BCUT2D eigenvalue weighted by Crippen LogP contribution is 2.15. The molecule has 0 spiro atoms. The summed E-state index contributed by atoms with van der Waals surface area (Å²) in [4.78, 5) is 23.6. The predicted octanol–water partition coefficient (Wildman–Crippen LogP) is 1.95. The van der Waals surface area contributed by atoms with Crippen LogP contribution in [0.25, 0.3) is 0 Å². The lowest BCUT2D eigenvalue weighted by Gasteiger charge is -2.17. The van der Waals surface area contributed by atoms with Crippen molar-refractivity contribution in [2.24, 2.45) is 11.8 Å². The molecule has 0 aromatic carbocycles. The van der Waals surface area contributed by atoms with Crippen LogP contribution in [0.1, 0.15) is 39.5 Å². The number of hydrogen-bond donors (Lipinski definition) is 0. The molecule has 6 nitrogen and oxygen atoms in total. The van der Waals surface area contributed by atoms with Crippen LogP contribution in [-0.4, -0.2) is 25.2 Å². The summed E-state index contributed by atoms with van der Waals surface area (Å²) >= 11 is 0. The minimum atomic E-state index is -0.959. The first-order valence-corrected chi connectivity index (χ1v) is 6.61. The van der Waals surface area contributed by atoms with Crippen LogP contribution in [0, 0.1) is 34.5 Å². The van der Waals surface area contributed by atoms with Gasteiger partial charge in [-0.15, -0.1) is 0 Å². The maximum absolute atomic E-state index is 11.8. The Morgan fingerprint density at radius 3 is 1.65 bits per heavy atom. The number of unbranched alkanes of at least 4 members (excludes halogenated alkanes) is 2. The van der Waals surface area contributed by atoms with E-state index < -0.39 is 17.9 Å². The van der Waals surface area contributed by atoms with Crippen molar-refractivity contribution in [1.82, 2.24) is 0 Å². The monoisotopic (exact) mass is 280 g/mol. The number of nitrogens with zero attached hydrogens (tertiary/aromatic N) is 2. The van der Waals surface area contributed by atoms with Crippen molar-refractivity contribution < 1.29 is 19.1 Å². The summed E-state index contributed by atoms with van der Waals surface area (Å²) in [5, 5.41) is 16.7. The third-order valence-corrected chi connectivity index (χ3v) is 2.53. The van der Waals surface area contributed by atoms with Gasteiger partial charge in [0.05, 0.1) is 25.4 Å². The molecule has 0 radical (unpaired) electrons. The Labute approximate surface area is 119 Å². The van der Waals surface area contributed by atoms with Crippen LogP contribution in [-0.2, 0) is 19.1 Å². The van der Waals surface area contributed by atoms with Gasteiger partial charge in [0.15, 0.2) is 5.92 Å². The van der Waals surface area contributed by atoms with Crippen molar-refractivity contribution in [3.63, 3.8) is 0 Å². The molecule has 0 saturated carbocycles. The third kappa shape index (κ3) is 7.38. The van der Waals surface area contributed by atoms with Crippen LogP contribution >= 0.6 is 0 Å². The Bertz CT molecular complexity index is 359. The van der Waals surface area contributed by atoms with Crippen LogP contribution in [0.2, 0.25) is 0 Å². The van der Waals surface area contributed by atoms with E-state index in [2.05, 4.69) is 0 Å². The van der Waals surface area contributed by atoms with Crippen LogP contribution in [0.4, 0.5) is 0 Å². The quantitative estimate of drug-likeness (QED) is 0.363. The molecule has 0 aliphatic heterocycles. The third-order valence-electron chi connectivity index (χ3n) is 2.53. The van der Waals surface area contributed by atoms with Crippen molar-refractivity contribution in [3.05, 3.63) is 0 Å². The summed E-state index contributed by atoms with van der Waals surface area (Å²) in [5.41, 5.74) is 0. The van der Waals surface area contributed by atoms with E-state index in [0.29, 0.717) is 25.7 Å². The molecule has 0 unspecified atom stereocenters. The zero-order chi connectivity index (χ0) is 15.4. The second-order valence-electron chi connectivity index (χ2n) is 4.58. The number of ether oxygens (including phenoxy) is 2. The number of esters is 2. The summed E-state index contributed by atoms with van der Waals surface area (Å²) in [7, 11) is 0. The van der Waals surface area contributed by atoms with Crippen molar-refractivity contribution in [3.8, 4) is 12.1 Å². The van der Waals surface area contributed by atoms with Crippen LogP contribution in [0.3, 0.4) is 0 Å². The number of carbonyl (C=O) groups is 2. The first-order chi connectivity index (χ1) is 9.54. The highest BCUT2D eigenvalue weighted by molar-refractivity contribution is 5.95. The van der Waals surface area contributed by atoms with E-state index in [1.807, 2.05) is 12.1 Å². The molecule has 0 heterocycles. The highest BCUT2D eigenvalue weighted by Gasteiger charge is 2.32. The van der Waals surface area contributed by atoms with E-state index in [4.69, 9.17) is 20.0 Å². The fraction of sp³-hybridized carbons (Fsp3) is 0.714. The molecular formula is C14H20N2O4. The molecule has 0 rings (SSSR count). The van der Waals surface area contributed by atoms with Gasteiger partial charge < -0.3 is 9.47 Å². The van der Waals surface area contributed by atoms with Gasteiger partial charge in [-0.25, -0.2) is 0 Å². The van der Waals surface area contributed by atoms with E-state index in [9.17, 15) is 9.59 Å². The van der Waals surface area contributed by atoms with E-state index in [1.165, 1.54) is 0 Å².